The van der Waals surface area contributed by atoms with Gasteiger partial charge in [0, 0.05) is 37.3 Å². The van der Waals surface area contributed by atoms with Crippen molar-refractivity contribution in [1.29, 1.82) is 0 Å². The van der Waals surface area contributed by atoms with Crippen LogP contribution in [0.25, 0.3) is 27.0 Å². The van der Waals surface area contributed by atoms with E-state index in [1.807, 2.05) is 31.2 Å². The maximum atomic E-state index is 13.5. The average molecular weight is 999 g/mol. The molecule has 0 fully saturated rings. The van der Waals surface area contributed by atoms with Crippen molar-refractivity contribution in [2.45, 2.75) is 63.1 Å². The first-order chi connectivity index (χ1) is 33.9. The second-order valence-electron chi connectivity index (χ2n) is 16.1. The number of phenolic OH excluding ortho intramolecular Hbond substituents is 1. The molecule has 8 aromatic rings. The first kappa shape index (κ1) is 48.8. The number of aromatic nitrogens is 4. The van der Waals surface area contributed by atoms with Gasteiger partial charge in [-0.2, -0.15) is 0 Å². The van der Waals surface area contributed by atoms with Gasteiger partial charge in [-0.25, -0.2) is 23.1 Å². The van der Waals surface area contributed by atoms with Gasteiger partial charge >= 0.3 is 0 Å². The normalized spacial score (nSPS) is 11.5. The average Bonchev–Trinajstić information content (AvgIpc) is 4.11. The van der Waals surface area contributed by atoms with E-state index in [9.17, 15) is 27.9 Å². The quantitative estimate of drug-likeness (QED) is 0.0278. The van der Waals surface area contributed by atoms with E-state index in [1.54, 1.807) is 97.4 Å². The number of fused-ring (bicyclic) bond motifs is 1. The van der Waals surface area contributed by atoms with Crippen LogP contribution in [0, 0.1) is 6.92 Å². The molecule has 0 spiro atoms. The zero-order valence-corrected chi connectivity index (χ0v) is 40.7. The maximum absolute atomic E-state index is 13.5. The lowest BCUT2D eigenvalue weighted by atomic mass is 10.0. The summed E-state index contributed by atoms with van der Waals surface area (Å²) in [5, 5.41) is 33.6. The van der Waals surface area contributed by atoms with Crippen molar-refractivity contribution in [1.82, 2.24) is 30.4 Å². The van der Waals surface area contributed by atoms with E-state index in [2.05, 4.69) is 46.0 Å². The molecular weight excluding hydrogens is 949 g/mol. The molecule has 8 rings (SSSR count). The van der Waals surface area contributed by atoms with Crippen LogP contribution in [0.15, 0.2) is 140 Å². The molecule has 20 heteroatoms. The van der Waals surface area contributed by atoms with Crippen LogP contribution in [0.5, 0.6) is 11.5 Å². The van der Waals surface area contributed by atoms with Gasteiger partial charge in [0.1, 0.15) is 27.2 Å². The third-order valence-electron chi connectivity index (χ3n) is 10.9. The summed E-state index contributed by atoms with van der Waals surface area (Å²) in [7, 11) is -3.66. The molecule has 0 saturated heterocycles. The van der Waals surface area contributed by atoms with Crippen LogP contribution in [0.2, 0.25) is 0 Å². The minimum atomic E-state index is -3.66. The van der Waals surface area contributed by atoms with E-state index >= 15 is 0 Å². The first-order valence-electron chi connectivity index (χ1n) is 22.6. The molecule has 0 aliphatic heterocycles. The zero-order valence-electron chi connectivity index (χ0n) is 38.3. The Morgan fingerprint density at radius 3 is 2.47 bits per heavy atom. The van der Waals surface area contributed by atoms with Crippen LogP contribution in [-0.4, -0.2) is 58.2 Å². The molecule has 4 aromatic heterocycles. The molecule has 0 bridgehead atoms. The number of para-hydroxylation sites is 1. The molecule has 2 amide bonds. The summed E-state index contributed by atoms with van der Waals surface area (Å²) in [5.74, 6) is 0.880. The van der Waals surface area contributed by atoms with E-state index in [1.165, 1.54) is 22.1 Å². The van der Waals surface area contributed by atoms with Gasteiger partial charge in [-0.15, -0.1) is 21.6 Å². The minimum absolute atomic E-state index is 0.0310. The zero-order chi connectivity index (χ0) is 49.0. The molecular formula is C50H50N10O7S3. The van der Waals surface area contributed by atoms with Gasteiger partial charge in [-0.05, 0) is 115 Å². The number of anilines is 3. The number of aromatic amines is 1. The Bertz CT molecular complexity index is 3300. The lowest BCUT2D eigenvalue weighted by molar-refractivity contribution is -0.121. The Morgan fingerprint density at radius 1 is 0.871 bits per heavy atom. The highest BCUT2D eigenvalue weighted by atomic mass is 32.2. The number of ether oxygens (including phenoxy) is 1. The summed E-state index contributed by atoms with van der Waals surface area (Å²) in [6.07, 6.45) is 6.43. The molecule has 4 heterocycles. The number of carbonyl (C=O) groups excluding carboxylic acids is 2. The Balaban J connectivity index is 0.719. The number of rotatable bonds is 22. The Kier molecular flexibility index (Phi) is 15.8. The van der Waals surface area contributed by atoms with Crippen LogP contribution >= 0.6 is 22.7 Å². The number of hydrogen-bond donors (Lipinski definition) is 6. The maximum Gasteiger partial charge on any atom is 0.299 e. The van der Waals surface area contributed by atoms with Gasteiger partial charge < -0.3 is 25.8 Å². The van der Waals surface area contributed by atoms with Gasteiger partial charge in [0.25, 0.3) is 21.5 Å². The number of thiophene rings is 1. The fourth-order valence-corrected chi connectivity index (χ4v) is 10.3. The van der Waals surface area contributed by atoms with Gasteiger partial charge in [0.2, 0.25) is 5.91 Å². The van der Waals surface area contributed by atoms with Crippen molar-refractivity contribution in [3.63, 3.8) is 0 Å². The number of hydrogen-bond acceptors (Lipinski definition) is 14. The lowest BCUT2D eigenvalue weighted by Gasteiger charge is -2.09. The van der Waals surface area contributed by atoms with E-state index < -0.39 is 15.6 Å². The van der Waals surface area contributed by atoms with Crippen molar-refractivity contribution in [3.8, 4) is 28.3 Å². The number of sulfonamides is 1. The molecule has 0 radical (unpaired) electrons. The molecule has 17 nitrogen and oxygen atoms in total. The number of nitrogens with one attached hydrogen (secondary N) is 5. The van der Waals surface area contributed by atoms with Crippen LogP contribution in [0.1, 0.15) is 67.1 Å². The Labute approximate surface area is 411 Å². The van der Waals surface area contributed by atoms with Crippen LogP contribution in [-0.2, 0) is 21.4 Å². The lowest BCUT2D eigenvalue weighted by Crippen LogP contribution is -2.24. The van der Waals surface area contributed by atoms with Gasteiger partial charge in [0.15, 0.2) is 10.8 Å². The molecule has 0 aliphatic carbocycles. The van der Waals surface area contributed by atoms with Crippen LogP contribution in [0.3, 0.4) is 0 Å². The summed E-state index contributed by atoms with van der Waals surface area (Å²) in [6.45, 7) is 4.93. The largest absolute Gasteiger partial charge is 0.508 e. The van der Waals surface area contributed by atoms with E-state index in [4.69, 9.17) is 4.74 Å². The number of pyridine rings is 1. The summed E-state index contributed by atoms with van der Waals surface area (Å²) < 4.78 is 35.9. The summed E-state index contributed by atoms with van der Waals surface area (Å²) in [6, 6.07) is 31.2. The number of azo groups is 1. The molecule has 70 heavy (non-hydrogen) atoms. The van der Waals surface area contributed by atoms with Crippen molar-refractivity contribution in [2.24, 2.45) is 10.2 Å². The number of benzene rings is 4. The van der Waals surface area contributed by atoms with E-state index in [0.717, 1.165) is 64.8 Å². The summed E-state index contributed by atoms with van der Waals surface area (Å²) in [5.41, 5.74) is 5.00. The van der Waals surface area contributed by atoms with E-state index in [-0.39, 0.29) is 27.5 Å². The standard InChI is InChI=1S/C50H50N10O7S3/c1-3-67-42-13-9-8-12-40(42)56-57-47-32(2)58-60(49(47)64)38-26-36(27-39(61)29-38)34-17-19-35(20-18-34)48(63)51-24-10-6-4-5-7-14-45(62)53-31-33-16-23-44(52-30-33)55-50-54-41-22-21-37(28-43(41)69-50)59-70(65,66)46-15-11-25-68-46/h8-9,11-13,15-23,25-30,58-59,61H,3-7,10,14,24,31H2,1-2H3,(H,51,63)(H,53,62)(H,52,54,55). The number of amides is 2. The molecule has 6 N–H and O–H groups in total. The molecule has 360 valence electrons. The van der Waals surface area contributed by atoms with Crippen molar-refractivity contribution in [2.75, 3.05) is 23.2 Å². The minimum Gasteiger partial charge on any atom is -0.508 e. The highest BCUT2D eigenvalue weighted by molar-refractivity contribution is 7.94. The highest BCUT2D eigenvalue weighted by Gasteiger charge is 2.18. The number of aromatic hydroxyl groups is 1. The fourth-order valence-electron chi connectivity index (χ4n) is 7.37. The predicted octanol–water partition coefficient (Wildman–Crippen LogP) is 10.7. The van der Waals surface area contributed by atoms with Crippen molar-refractivity contribution < 1.29 is 27.9 Å². The van der Waals surface area contributed by atoms with Gasteiger partial charge in [0.05, 0.1) is 33.9 Å². The highest BCUT2D eigenvalue weighted by Crippen LogP contribution is 2.33. The molecule has 0 saturated carbocycles. The second-order valence-corrected chi connectivity index (χ2v) is 20.0. The number of H-pyrrole nitrogens is 1. The smallest absolute Gasteiger partial charge is 0.299 e. The number of aryl methyl sites for hydroxylation is 1. The second kappa shape index (κ2) is 22.6. The van der Waals surface area contributed by atoms with Crippen LogP contribution < -0.4 is 31.0 Å². The van der Waals surface area contributed by atoms with Gasteiger partial charge in [-0.3, -0.25) is 24.2 Å². The monoisotopic (exact) mass is 998 g/mol. The molecule has 0 unspecified atom stereocenters. The molecule has 4 aromatic carbocycles. The third-order valence-corrected chi connectivity index (χ3v) is 14.6. The molecule has 0 aliphatic rings. The number of unbranched alkanes of at least 4 members (excludes halogenated alkanes) is 4. The van der Waals surface area contributed by atoms with Crippen molar-refractivity contribution >= 4 is 82.7 Å². The summed E-state index contributed by atoms with van der Waals surface area (Å²) >= 11 is 2.53. The Hall–Kier alpha value is -7.68. The summed E-state index contributed by atoms with van der Waals surface area (Å²) in [4.78, 5) is 48.0. The number of nitrogens with zero attached hydrogens (tertiary/aromatic N) is 5. The Morgan fingerprint density at radius 2 is 1.69 bits per heavy atom. The number of thiazole rings is 1. The van der Waals surface area contributed by atoms with Crippen LogP contribution in [0.4, 0.5) is 28.0 Å². The first-order valence-corrected chi connectivity index (χ1v) is 25.7. The number of phenols is 1. The fraction of sp³-hybridized carbons (Fsp3) is 0.220. The third kappa shape index (κ3) is 12.5. The SMILES string of the molecule is CCOc1ccccc1N=Nc1c(C)[nH]n(-c2cc(O)cc(-c3ccc(C(=O)NCCCCCCCC(=O)NCc4ccc(Nc5nc6ccc(NS(=O)(=O)c7cccs7)cc6s5)nc4)cc3)c2)c1=O. The van der Waals surface area contributed by atoms with E-state index in [0.29, 0.717) is 76.7 Å². The van der Waals surface area contributed by atoms with Crippen molar-refractivity contribution in [3.05, 3.63) is 148 Å². The predicted molar refractivity (Wildman–Crippen MR) is 274 cm³/mol. The number of carbonyl (C=O) groups is 2. The van der Waals surface area contributed by atoms with Gasteiger partial charge in [-0.1, -0.05) is 67.0 Å². The molecule has 0 atom stereocenters. The topological polar surface area (TPSA) is 234 Å².